The molecule has 8 nitrogen and oxygen atoms in total. The van der Waals surface area contributed by atoms with Crippen LogP contribution in [0.3, 0.4) is 0 Å². The molecule has 0 radical (unpaired) electrons. The lowest BCUT2D eigenvalue weighted by molar-refractivity contribution is -0.136. The number of benzene rings is 4. The van der Waals surface area contributed by atoms with E-state index in [4.69, 9.17) is 5.73 Å². The quantitative estimate of drug-likeness (QED) is 0.132. The highest BCUT2D eigenvalue weighted by molar-refractivity contribution is 6.12. The molecule has 8 heteroatoms. The molecule has 244 valence electrons. The largest absolute Gasteiger partial charge is 0.369 e. The number of rotatable bonds is 12. The molecule has 48 heavy (non-hydrogen) atoms. The third kappa shape index (κ3) is 6.79. The van der Waals surface area contributed by atoms with E-state index in [1.807, 2.05) is 77.7 Å². The predicted octanol–water partition coefficient (Wildman–Crippen LogP) is 6.70. The van der Waals surface area contributed by atoms with Crippen molar-refractivity contribution in [3.8, 4) is 0 Å². The Labute approximate surface area is 281 Å². The molecule has 2 aliphatic rings. The van der Waals surface area contributed by atoms with E-state index in [1.54, 1.807) is 47.4 Å². The second-order valence-corrected chi connectivity index (χ2v) is 12.6. The number of amides is 3. The topological polar surface area (TPSA) is 113 Å². The maximum absolute atomic E-state index is 14.8. The smallest absolute Gasteiger partial charge is 0.256 e. The van der Waals surface area contributed by atoms with Crippen molar-refractivity contribution in [1.29, 1.82) is 0 Å². The lowest BCUT2D eigenvalue weighted by atomic mass is 9.74. The Balaban J connectivity index is 1.42. The van der Waals surface area contributed by atoms with Crippen molar-refractivity contribution in [1.82, 2.24) is 5.32 Å². The van der Waals surface area contributed by atoms with E-state index < -0.39 is 23.8 Å². The van der Waals surface area contributed by atoms with Crippen molar-refractivity contribution in [3.05, 3.63) is 133 Å². The number of hydrogen-bond acceptors (Lipinski definition) is 5. The molecule has 4 aromatic carbocycles. The van der Waals surface area contributed by atoms with Gasteiger partial charge in [-0.3, -0.25) is 24.1 Å². The average Bonchev–Trinajstić information content (AvgIpc) is 3.21. The molecule has 1 fully saturated rings. The Morgan fingerprint density at radius 3 is 2.08 bits per heavy atom. The summed E-state index contributed by atoms with van der Waals surface area (Å²) < 4.78 is 0. The van der Waals surface area contributed by atoms with Gasteiger partial charge in [0.15, 0.2) is 5.78 Å². The van der Waals surface area contributed by atoms with E-state index >= 15 is 0 Å². The van der Waals surface area contributed by atoms with E-state index in [2.05, 4.69) is 11.9 Å². The monoisotopic (exact) mass is 640 g/mol. The second-order valence-electron chi connectivity index (χ2n) is 12.6. The van der Waals surface area contributed by atoms with E-state index in [1.165, 1.54) is 0 Å². The Hall–Kier alpha value is -5.50. The summed E-state index contributed by atoms with van der Waals surface area (Å²) in [6.45, 7) is 3.94. The van der Waals surface area contributed by atoms with Gasteiger partial charge >= 0.3 is 0 Å². The van der Waals surface area contributed by atoms with Gasteiger partial charge in [0, 0.05) is 22.5 Å². The first-order valence-electron chi connectivity index (χ1n) is 16.5. The normalized spacial score (nSPS) is 17.3. The molecule has 1 aliphatic carbocycles. The number of fused-ring (bicyclic) bond motifs is 1. The molecule has 0 spiro atoms. The van der Waals surface area contributed by atoms with E-state index in [9.17, 15) is 19.2 Å². The summed E-state index contributed by atoms with van der Waals surface area (Å²) in [5, 5.41) is 3.07. The number of primary amides is 1. The molecule has 0 aromatic heterocycles. The van der Waals surface area contributed by atoms with Gasteiger partial charge in [-0.05, 0) is 55.2 Å². The minimum Gasteiger partial charge on any atom is -0.369 e. The third-order valence-corrected chi connectivity index (χ3v) is 9.50. The highest BCUT2D eigenvalue weighted by Gasteiger charge is 2.40. The van der Waals surface area contributed by atoms with Crippen LogP contribution in [0.4, 0.5) is 22.7 Å². The van der Waals surface area contributed by atoms with Crippen LogP contribution in [0.1, 0.15) is 48.0 Å². The predicted molar refractivity (Wildman–Crippen MR) is 188 cm³/mol. The van der Waals surface area contributed by atoms with Crippen molar-refractivity contribution < 1.29 is 19.2 Å². The number of nitrogens with zero attached hydrogens (tertiary/aromatic N) is 2. The molecule has 1 saturated carbocycles. The number of anilines is 4. The van der Waals surface area contributed by atoms with Crippen LogP contribution in [-0.4, -0.2) is 36.1 Å². The SMILES string of the molecule is C=CC[C@H](C(N)=O)[C@@H](CC1CCC1)C(=O)NC1CN(c2ccccc2)c2ccccc2N(c2cccc(C(=O)c3ccccc3)c2)C1=O. The first-order chi connectivity index (χ1) is 23.4. The number of carbonyl (C=O) groups excluding carboxylic acids is 4. The summed E-state index contributed by atoms with van der Waals surface area (Å²) in [5.74, 6) is -2.57. The number of hydrogen-bond donors (Lipinski definition) is 2. The molecule has 0 bridgehead atoms. The number of carbonyl (C=O) groups is 4. The fourth-order valence-corrected chi connectivity index (χ4v) is 6.76. The average molecular weight is 641 g/mol. The minimum atomic E-state index is -1.00. The van der Waals surface area contributed by atoms with Crippen molar-refractivity contribution in [2.24, 2.45) is 23.5 Å². The van der Waals surface area contributed by atoms with E-state index in [0.717, 1.165) is 30.6 Å². The van der Waals surface area contributed by atoms with Gasteiger partial charge in [0.05, 0.1) is 29.8 Å². The third-order valence-electron chi connectivity index (χ3n) is 9.50. The molecule has 3 amide bonds. The van der Waals surface area contributed by atoms with Crippen LogP contribution < -0.4 is 20.9 Å². The molecule has 0 saturated heterocycles. The number of nitrogens with two attached hydrogens (primary N) is 1. The number of allylic oxidation sites excluding steroid dienone is 1. The molecule has 4 aromatic rings. The van der Waals surface area contributed by atoms with Crippen LogP contribution >= 0.6 is 0 Å². The minimum absolute atomic E-state index is 0.142. The van der Waals surface area contributed by atoms with Crippen LogP contribution in [0, 0.1) is 17.8 Å². The zero-order valence-electron chi connectivity index (χ0n) is 26.8. The second kappa shape index (κ2) is 14.5. The molecular weight excluding hydrogens is 600 g/mol. The number of ketones is 1. The standard InChI is InChI=1S/C40H40N4O4/c1-2-13-32(38(41)46)33(24-27-14-11-15-27)39(47)42-34-26-43(30-19-7-4-8-20-30)35-22-9-10-23-36(35)44(40(34)48)31-21-12-18-29(25-31)37(45)28-16-5-3-6-17-28/h2-10,12,16-23,25,27,32-34H,1,11,13-15,24,26H2,(H2,41,46)(H,42,47)/t32-,33+,34?/m0/s1. The van der Waals surface area contributed by atoms with Gasteiger partial charge in [-0.15, -0.1) is 6.58 Å². The zero-order valence-corrected chi connectivity index (χ0v) is 26.8. The van der Waals surface area contributed by atoms with E-state index in [0.29, 0.717) is 34.8 Å². The van der Waals surface area contributed by atoms with Crippen molar-refractivity contribution in [2.75, 3.05) is 16.3 Å². The fraction of sp³-hybridized carbons (Fsp3) is 0.250. The summed E-state index contributed by atoms with van der Waals surface area (Å²) in [6, 6.07) is 32.3. The highest BCUT2D eigenvalue weighted by Crippen LogP contribution is 2.41. The number of para-hydroxylation sites is 3. The summed E-state index contributed by atoms with van der Waals surface area (Å²) in [5.41, 5.74) is 9.53. The highest BCUT2D eigenvalue weighted by atomic mass is 16.2. The summed E-state index contributed by atoms with van der Waals surface area (Å²) >= 11 is 0. The lowest BCUT2D eigenvalue weighted by Crippen LogP contribution is -2.53. The van der Waals surface area contributed by atoms with Gasteiger partial charge in [-0.25, -0.2) is 0 Å². The van der Waals surface area contributed by atoms with Gasteiger partial charge in [-0.2, -0.15) is 0 Å². The summed E-state index contributed by atoms with van der Waals surface area (Å²) in [7, 11) is 0. The van der Waals surface area contributed by atoms with Gasteiger partial charge < -0.3 is 16.0 Å². The molecule has 6 rings (SSSR count). The van der Waals surface area contributed by atoms with Crippen LogP contribution in [-0.2, 0) is 14.4 Å². The Morgan fingerprint density at radius 2 is 1.44 bits per heavy atom. The first kappa shape index (κ1) is 32.4. The number of nitrogens with one attached hydrogen (secondary N) is 1. The molecule has 3 atom stereocenters. The van der Waals surface area contributed by atoms with Gasteiger partial charge in [0.25, 0.3) is 5.91 Å². The summed E-state index contributed by atoms with van der Waals surface area (Å²) in [6.07, 6.45) is 5.49. The Bertz CT molecular complexity index is 1800. The molecule has 1 aliphatic heterocycles. The molecule has 1 unspecified atom stereocenters. The zero-order chi connectivity index (χ0) is 33.6. The fourth-order valence-electron chi connectivity index (χ4n) is 6.76. The van der Waals surface area contributed by atoms with Gasteiger partial charge in [0.2, 0.25) is 11.8 Å². The lowest BCUT2D eigenvalue weighted by Gasteiger charge is -2.33. The van der Waals surface area contributed by atoms with Crippen LogP contribution in [0.5, 0.6) is 0 Å². The molecular formula is C40H40N4O4. The van der Waals surface area contributed by atoms with Gasteiger partial charge in [0.1, 0.15) is 6.04 Å². The van der Waals surface area contributed by atoms with Crippen molar-refractivity contribution >= 4 is 46.3 Å². The van der Waals surface area contributed by atoms with Crippen molar-refractivity contribution in [3.63, 3.8) is 0 Å². The maximum Gasteiger partial charge on any atom is 0.256 e. The Kier molecular flexibility index (Phi) is 9.80. The van der Waals surface area contributed by atoms with Gasteiger partial charge in [-0.1, -0.05) is 98.1 Å². The van der Waals surface area contributed by atoms with Crippen molar-refractivity contribution in [2.45, 2.75) is 38.1 Å². The Morgan fingerprint density at radius 1 is 0.812 bits per heavy atom. The molecule has 3 N–H and O–H groups in total. The maximum atomic E-state index is 14.8. The van der Waals surface area contributed by atoms with Crippen LogP contribution in [0.2, 0.25) is 0 Å². The van der Waals surface area contributed by atoms with E-state index in [-0.39, 0.29) is 30.6 Å². The molecule has 1 heterocycles. The van der Waals surface area contributed by atoms with Crippen LogP contribution in [0.15, 0.2) is 122 Å². The van der Waals surface area contributed by atoms with Crippen LogP contribution in [0.25, 0.3) is 0 Å². The summed E-state index contributed by atoms with van der Waals surface area (Å²) in [4.78, 5) is 58.8. The first-order valence-corrected chi connectivity index (χ1v) is 16.5.